The van der Waals surface area contributed by atoms with Crippen molar-refractivity contribution in [1.82, 2.24) is 5.43 Å². The minimum Gasteiger partial charge on any atom is -0.479 e. The SMILES string of the molecule is CC[C@]1(C(=O)O)CC(C(F)(F)F)=NN1. The number of rotatable bonds is 2. The molecule has 0 aromatic heterocycles. The molecule has 0 bridgehead atoms. The smallest absolute Gasteiger partial charge is 0.431 e. The van der Waals surface area contributed by atoms with Crippen molar-refractivity contribution >= 4 is 11.7 Å². The van der Waals surface area contributed by atoms with E-state index >= 15 is 0 Å². The molecule has 0 saturated carbocycles. The Bertz CT molecular complexity index is 287. The van der Waals surface area contributed by atoms with Gasteiger partial charge < -0.3 is 5.11 Å². The van der Waals surface area contributed by atoms with Crippen molar-refractivity contribution in [1.29, 1.82) is 0 Å². The molecule has 1 atom stereocenters. The van der Waals surface area contributed by atoms with Crippen LogP contribution in [0.5, 0.6) is 0 Å². The number of carbonyl (C=O) groups is 1. The lowest BCUT2D eigenvalue weighted by Gasteiger charge is -2.21. The maximum absolute atomic E-state index is 12.1. The second-order valence-electron chi connectivity index (χ2n) is 3.09. The van der Waals surface area contributed by atoms with Gasteiger partial charge in [0.2, 0.25) is 0 Å². The van der Waals surface area contributed by atoms with Crippen LogP contribution in [0.3, 0.4) is 0 Å². The van der Waals surface area contributed by atoms with Crippen molar-refractivity contribution in [3.8, 4) is 0 Å². The van der Waals surface area contributed by atoms with Gasteiger partial charge in [0.25, 0.3) is 0 Å². The maximum atomic E-state index is 12.1. The van der Waals surface area contributed by atoms with E-state index in [4.69, 9.17) is 5.11 Å². The summed E-state index contributed by atoms with van der Waals surface area (Å²) in [5, 5.41) is 11.8. The van der Waals surface area contributed by atoms with Gasteiger partial charge >= 0.3 is 12.1 Å². The number of hydrazone groups is 1. The van der Waals surface area contributed by atoms with Gasteiger partial charge in [0.05, 0.1) is 0 Å². The predicted octanol–water partition coefficient (Wildman–Crippen LogP) is 1.13. The molecule has 0 spiro atoms. The highest BCUT2D eigenvalue weighted by atomic mass is 19.4. The van der Waals surface area contributed by atoms with Crippen LogP contribution >= 0.6 is 0 Å². The molecule has 1 aliphatic heterocycles. The van der Waals surface area contributed by atoms with E-state index in [1.54, 1.807) is 0 Å². The second kappa shape index (κ2) is 3.14. The van der Waals surface area contributed by atoms with E-state index in [0.29, 0.717) is 0 Å². The minimum absolute atomic E-state index is 0.0470. The monoisotopic (exact) mass is 210 g/mol. The first-order valence-corrected chi connectivity index (χ1v) is 3.96. The molecule has 4 nitrogen and oxygen atoms in total. The zero-order chi connectivity index (χ0) is 11.0. The van der Waals surface area contributed by atoms with Gasteiger partial charge in [-0.15, -0.1) is 0 Å². The van der Waals surface area contributed by atoms with Crippen molar-refractivity contribution in [2.45, 2.75) is 31.5 Å². The van der Waals surface area contributed by atoms with Crippen LogP contribution in [0, 0.1) is 0 Å². The van der Waals surface area contributed by atoms with E-state index in [0.717, 1.165) is 0 Å². The Morgan fingerprint density at radius 3 is 2.50 bits per heavy atom. The van der Waals surface area contributed by atoms with Crippen molar-refractivity contribution in [2.75, 3.05) is 0 Å². The summed E-state index contributed by atoms with van der Waals surface area (Å²) < 4.78 is 36.4. The number of carboxylic acid groups (broad SMARTS) is 1. The molecular formula is C7H9F3N2O2. The predicted molar refractivity (Wildman–Crippen MR) is 41.9 cm³/mol. The Morgan fingerprint density at radius 1 is 1.71 bits per heavy atom. The summed E-state index contributed by atoms with van der Waals surface area (Å²) in [6, 6.07) is 0. The van der Waals surface area contributed by atoms with Crippen LogP contribution in [0.25, 0.3) is 0 Å². The van der Waals surface area contributed by atoms with Crippen LogP contribution in [0.15, 0.2) is 5.10 Å². The second-order valence-corrected chi connectivity index (χ2v) is 3.09. The van der Waals surface area contributed by atoms with Crippen LogP contribution in [-0.4, -0.2) is 28.5 Å². The Kier molecular flexibility index (Phi) is 2.43. The van der Waals surface area contributed by atoms with E-state index in [1.807, 2.05) is 5.43 Å². The number of nitrogens with one attached hydrogen (secondary N) is 1. The third-order valence-corrected chi connectivity index (χ3v) is 2.21. The van der Waals surface area contributed by atoms with Gasteiger partial charge in [0, 0.05) is 6.42 Å². The number of alkyl halides is 3. The Balaban J connectivity index is 2.83. The van der Waals surface area contributed by atoms with E-state index in [2.05, 4.69) is 5.10 Å². The quantitative estimate of drug-likeness (QED) is 0.718. The molecule has 0 aromatic carbocycles. The summed E-state index contributed by atoms with van der Waals surface area (Å²) in [4.78, 5) is 10.7. The number of halogens is 3. The summed E-state index contributed by atoms with van der Waals surface area (Å²) in [5.41, 5.74) is -0.616. The topological polar surface area (TPSA) is 61.7 Å². The van der Waals surface area contributed by atoms with E-state index in [1.165, 1.54) is 6.92 Å². The lowest BCUT2D eigenvalue weighted by atomic mass is 9.92. The molecule has 80 valence electrons. The van der Waals surface area contributed by atoms with Crippen LogP contribution in [0.4, 0.5) is 13.2 Å². The van der Waals surface area contributed by atoms with Gasteiger partial charge in [-0.2, -0.15) is 18.3 Å². The lowest BCUT2D eigenvalue weighted by Crippen LogP contribution is -2.47. The van der Waals surface area contributed by atoms with E-state index in [9.17, 15) is 18.0 Å². The summed E-state index contributed by atoms with van der Waals surface area (Å²) in [6.45, 7) is 1.50. The maximum Gasteiger partial charge on any atom is 0.431 e. The summed E-state index contributed by atoms with van der Waals surface area (Å²) in [6.07, 6.45) is -5.13. The molecule has 1 rings (SSSR count). The number of hydrogen-bond donors (Lipinski definition) is 2. The van der Waals surface area contributed by atoms with Gasteiger partial charge in [-0.05, 0) is 6.42 Å². The van der Waals surface area contributed by atoms with Crippen LogP contribution in [-0.2, 0) is 4.79 Å². The fourth-order valence-corrected chi connectivity index (χ4v) is 1.18. The molecule has 0 unspecified atom stereocenters. The molecule has 0 aliphatic carbocycles. The summed E-state index contributed by atoms with van der Waals surface area (Å²) >= 11 is 0. The van der Waals surface area contributed by atoms with Gasteiger partial charge in [-0.1, -0.05) is 6.92 Å². The van der Waals surface area contributed by atoms with Crippen LogP contribution < -0.4 is 5.43 Å². The molecule has 14 heavy (non-hydrogen) atoms. The van der Waals surface area contributed by atoms with Gasteiger partial charge in [0.15, 0.2) is 5.54 Å². The minimum atomic E-state index is -4.56. The standard InChI is InChI=1S/C7H9F3N2O2/c1-2-6(5(13)14)3-4(11-12-6)7(8,9)10/h12H,2-3H2,1H3,(H,13,14)/t6-/m1/s1. The first kappa shape index (κ1) is 10.8. The van der Waals surface area contributed by atoms with Gasteiger partial charge in [-0.25, -0.2) is 4.79 Å². The number of carboxylic acids is 1. The molecule has 0 radical (unpaired) electrons. The van der Waals surface area contributed by atoms with E-state index < -0.39 is 29.8 Å². The first-order valence-electron chi connectivity index (χ1n) is 3.96. The van der Waals surface area contributed by atoms with Crippen molar-refractivity contribution in [3.63, 3.8) is 0 Å². The Morgan fingerprint density at radius 2 is 2.29 bits per heavy atom. The fourth-order valence-electron chi connectivity index (χ4n) is 1.18. The number of nitrogens with zero attached hydrogens (tertiary/aromatic N) is 1. The highest BCUT2D eigenvalue weighted by Crippen LogP contribution is 2.30. The highest BCUT2D eigenvalue weighted by molar-refractivity contribution is 5.97. The molecule has 0 aromatic rings. The van der Waals surface area contributed by atoms with Crippen molar-refractivity contribution in [3.05, 3.63) is 0 Å². The number of aliphatic carboxylic acids is 1. The molecule has 7 heteroatoms. The molecule has 0 saturated heterocycles. The third-order valence-electron chi connectivity index (χ3n) is 2.21. The zero-order valence-corrected chi connectivity index (χ0v) is 7.35. The lowest BCUT2D eigenvalue weighted by molar-refractivity contribution is -0.144. The molecule has 0 fully saturated rings. The van der Waals surface area contributed by atoms with Crippen molar-refractivity contribution < 1.29 is 23.1 Å². The molecular weight excluding hydrogens is 201 g/mol. The molecule has 1 aliphatic rings. The largest absolute Gasteiger partial charge is 0.479 e. The molecule has 1 heterocycles. The van der Waals surface area contributed by atoms with E-state index in [-0.39, 0.29) is 6.42 Å². The molecule has 2 N–H and O–H groups in total. The van der Waals surface area contributed by atoms with Crippen LogP contribution in [0.2, 0.25) is 0 Å². The summed E-state index contributed by atoms with van der Waals surface area (Å²) in [5.74, 6) is -1.32. The molecule has 0 amide bonds. The normalized spacial score (nSPS) is 27.0. The number of hydrogen-bond acceptors (Lipinski definition) is 3. The van der Waals surface area contributed by atoms with Gasteiger partial charge in [0.1, 0.15) is 5.71 Å². The van der Waals surface area contributed by atoms with Gasteiger partial charge in [-0.3, -0.25) is 5.43 Å². The Hall–Kier alpha value is -1.27. The fraction of sp³-hybridized carbons (Fsp3) is 0.714. The van der Waals surface area contributed by atoms with Crippen molar-refractivity contribution in [2.24, 2.45) is 5.10 Å². The Labute approximate surface area is 77.8 Å². The first-order chi connectivity index (χ1) is 6.32. The average molecular weight is 210 g/mol. The highest BCUT2D eigenvalue weighted by Gasteiger charge is 2.49. The average Bonchev–Trinajstić information content (AvgIpc) is 2.47. The summed E-state index contributed by atoms with van der Waals surface area (Å²) in [7, 11) is 0. The third kappa shape index (κ3) is 1.66. The zero-order valence-electron chi connectivity index (χ0n) is 7.35. The van der Waals surface area contributed by atoms with Crippen LogP contribution in [0.1, 0.15) is 19.8 Å².